The van der Waals surface area contributed by atoms with Crippen molar-refractivity contribution in [2.75, 3.05) is 12.9 Å². The minimum atomic E-state index is -0.508. The second-order valence-corrected chi connectivity index (χ2v) is 7.50. The van der Waals surface area contributed by atoms with E-state index in [0.29, 0.717) is 10.7 Å². The molecule has 8 nitrogen and oxygen atoms in total. The summed E-state index contributed by atoms with van der Waals surface area (Å²) in [6.07, 6.45) is 1.96. The van der Waals surface area contributed by atoms with Crippen molar-refractivity contribution in [3.8, 4) is 17.1 Å². The van der Waals surface area contributed by atoms with Crippen LogP contribution in [0.1, 0.15) is 30.1 Å². The second-order valence-electron chi connectivity index (χ2n) is 6.56. The lowest BCUT2D eigenvalue weighted by Crippen LogP contribution is -2.06. The number of nitro groups is 1. The highest BCUT2D eigenvalue weighted by atomic mass is 32.2. The Balaban J connectivity index is 1.79. The van der Waals surface area contributed by atoms with Gasteiger partial charge in [-0.05, 0) is 30.7 Å². The number of hydrogen-bond donors (Lipinski definition) is 0. The third-order valence-corrected chi connectivity index (χ3v) is 5.48. The Labute approximate surface area is 178 Å². The van der Waals surface area contributed by atoms with Crippen LogP contribution in [0.5, 0.6) is 5.75 Å². The predicted molar refractivity (Wildman–Crippen MR) is 115 cm³/mol. The molecule has 1 heterocycles. The molecule has 0 radical (unpaired) electrons. The molecule has 0 N–H and O–H groups in total. The molecule has 1 aromatic heterocycles. The van der Waals surface area contributed by atoms with Crippen molar-refractivity contribution in [3.05, 3.63) is 64.2 Å². The van der Waals surface area contributed by atoms with Gasteiger partial charge in [0, 0.05) is 29.8 Å². The first kappa shape index (κ1) is 21.5. The van der Waals surface area contributed by atoms with Gasteiger partial charge >= 0.3 is 0 Å². The number of nitro benzene ring substituents is 1. The van der Waals surface area contributed by atoms with Gasteiger partial charge in [-0.25, -0.2) is 0 Å². The summed E-state index contributed by atoms with van der Waals surface area (Å²) in [6.45, 7) is 2.84. The van der Waals surface area contributed by atoms with E-state index in [4.69, 9.17) is 4.74 Å². The monoisotopic (exact) mass is 426 g/mol. The first-order chi connectivity index (χ1) is 14.5. The van der Waals surface area contributed by atoms with Gasteiger partial charge in [0.1, 0.15) is 5.75 Å². The highest BCUT2D eigenvalue weighted by Crippen LogP contribution is 2.27. The van der Waals surface area contributed by atoms with E-state index in [9.17, 15) is 14.9 Å². The zero-order chi connectivity index (χ0) is 21.5. The number of hydrogen-bond acceptors (Lipinski definition) is 7. The average Bonchev–Trinajstić information content (AvgIpc) is 3.18. The standard InChI is InChI=1S/C21H22N4O4S/c1-3-4-12-24-20(15-8-10-18(29-2)11-9-15)22-23-21(24)30-14-19(26)16-6-5-7-17(13-16)25(27)28/h5-11,13H,3-4,12,14H2,1-2H3. The molecule has 3 aromatic rings. The summed E-state index contributed by atoms with van der Waals surface area (Å²) in [5.41, 5.74) is 1.13. The van der Waals surface area contributed by atoms with E-state index in [1.807, 2.05) is 28.8 Å². The number of ether oxygens (including phenoxy) is 1. The number of rotatable bonds is 10. The molecule has 3 rings (SSSR count). The minimum absolute atomic E-state index is 0.0984. The van der Waals surface area contributed by atoms with Crippen molar-refractivity contribution in [2.45, 2.75) is 31.5 Å². The van der Waals surface area contributed by atoms with Crippen molar-refractivity contribution in [3.63, 3.8) is 0 Å². The van der Waals surface area contributed by atoms with E-state index in [2.05, 4.69) is 17.1 Å². The normalized spacial score (nSPS) is 10.7. The molecule has 0 saturated heterocycles. The van der Waals surface area contributed by atoms with Gasteiger partial charge in [-0.1, -0.05) is 37.2 Å². The maximum absolute atomic E-state index is 12.6. The van der Waals surface area contributed by atoms with E-state index in [0.717, 1.165) is 36.5 Å². The van der Waals surface area contributed by atoms with E-state index in [1.54, 1.807) is 13.2 Å². The Morgan fingerprint density at radius 3 is 2.63 bits per heavy atom. The molecule has 0 aliphatic carbocycles. The number of unbranched alkanes of at least 4 members (excludes halogenated alkanes) is 1. The molecular weight excluding hydrogens is 404 g/mol. The van der Waals surface area contributed by atoms with Gasteiger partial charge in [-0.2, -0.15) is 0 Å². The fourth-order valence-corrected chi connectivity index (χ4v) is 3.73. The number of non-ortho nitro benzene ring substituents is 1. The Kier molecular flexibility index (Phi) is 7.18. The Morgan fingerprint density at radius 1 is 1.20 bits per heavy atom. The van der Waals surface area contributed by atoms with Crippen molar-refractivity contribution >= 4 is 23.2 Å². The highest BCUT2D eigenvalue weighted by molar-refractivity contribution is 7.99. The Hall–Kier alpha value is -3.20. The zero-order valence-corrected chi connectivity index (χ0v) is 17.6. The van der Waals surface area contributed by atoms with E-state index >= 15 is 0 Å². The summed E-state index contributed by atoms with van der Waals surface area (Å²) in [5.74, 6) is 1.42. The van der Waals surface area contributed by atoms with Crippen LogP contribution in [-0.2, 0) is 6.54 Å². The van der Waals surface area contributed by atoms with Gasteiger partial charge < -0.3 is 9.30 Å². The number of carbonyl (C=O) groups excluding carboxylic acids is 1. The fourth-order valence-electron chi connectivity index (χ4n) is 2.87. The quantitative estimate of drug-likeness (QED) is 0.201. The van der Waals surface area contributed by atoms with Crippen molar-refractivity contribution in [2.24, 2.45) is 0 Å². The molecule has 2 aromatic carbocycles. The molecule has 0 bridgehead atoms. The Bertz CT molecular complexity index is 1030. The first-order valence-electron chi connectivity index (χ1n) is 9.51. The van der Waals surface area contributed by atoms with Gasteiger partial charge in [0.05, 0.1) is 17.8 Å². The largest absolute Gasteiger partial charge is 0.497 e. The fraction of sp³-hybridized carbons (Fsp3) is 0.286. The van der Waals surface area contributed by atoms with E-state index in [1.165, 1.54) is 30.0 Å². The van der Waals surface area contributed by atoms with Gasteiger partial charge in [-0.15, -0.1) is 10.2 Å². The molecule has 9 heteroatoms. The number of thioether (sulfide) groups is 1. The smallest absolute Gasteiger partial charge is 0.270 e. The first-order valence-corrected chi connectivity index (χ1v) is 10.5. The van der Waals surface area contributed by atoms with Crippen LogP contribution >= 0.6 is 11.8 Å². The summed E-state index contributed by atoms with van der Waals surface area (Å²) < 4.78 is 7.22. The maximum atomic E-state index is 12.6. The van der Waals surface area contributed by atoms with Gasteiger partial charge in [0.2, 0.25) is 0 Å². The van der Waals surface area contributed by atoms with Crippen LogP contribution in [0, 0.1) is 10.1 Å². The second kappa shape index (κ2) is 10.0. The maximum Gasteiger partial charge on any atom is 0.270 e. The lowest BCUT2D eigenvalue weighted by Gasteiger charge is -2.10. The van der Waals surface area contributed by atoms with Crippen LogP contribution in [0.25, 0.3) is 11.4 Å². The molecule has 0 atom stereocenters. The summed E-state index contributed by atoms with van der Waals surface area (Å²) in [6, 6.07) is 13.4. The lowest BCUT2D eigenvalue weighted by atomic mass is 10.1. The van der Waals surface area contributed by atoms with Crippen LogP contribution in [0.3, 0.4) is 0 Å². The van der Waals surface area contributed by atoms with Gasteiger partial charge in [0.15, 0.2) is 16.8 Å². The van der Waals surface area contributed by atoms with Crippen LogP contribution < -0.4 is 4.74 Å². The molecule has 0 unspecified atom stereocenters. The van der Waals surface area contributed by atoms with E-state index in [-0.39, 0.29) is 17.2 Å². The number of aromatic nitrogens is 3. The molecule has 0 aliphatic rings. The van der Waals surface area contributed by atoms with Crippen LogP contribution in [0.2, 0.25) is 0 Å². The third kappa shape index (κ3) is 5.04. The van der Waals surface area contributed by atoms with Crippen LogP contribution in [-0.4, -0.2) is 38.3 Å². The minimum Gasteiger partial charge on any atom is -0.497 e. The molecule has 0 amide bonds. The van der Waals surface area contributed by atoms with Gasteiger partial charge in [-0.3, -0.25) is 14.9 Å². The van der Waals surface area contributed by atoms with Crippen molar-refractivity contribution in [1.82, 2.24) is 14.8 Å². The average molecular weight is 426 g/mol. The molecule has 156 valence electrons. The SMILES string of the molecule is CCCCn1c(SCC(=O)c2cccc([N+](=O)[O-])c2)nnc1-c1ccc(OC)cc1. The van der Waals surface area contributed by atoms with Crippen molar-refractivity contribution < 1.29 is 14.5 Å². The molecule has 0 aliphatic heterocycles. The Morgan fingerprint density at radius 2 is 1.97 bits per heavy atom. The van der Waals surface area contributed by atoms with Crippen LogP contribution in [0.15, 0.2) is 53.7 Å². The number of methoxy groups -OCH3 is 1. The highest BCUT2D eigenvalue weighted by Gasteiger charge is 2.17. The topological polar surface area (TPSA) is 100 Å². The zero-order valence-electron chi connectivity index (χ0n) is 16.8. The lowest BCUT2D eigenvalue weighted by molar-refractivity contribution is -0.384. The van der Waals surface area contributed by atoms with Gasteiger partial charge in [0.25, 0.3) is 5.69 Å². The van der Waals surface area contributed by atoms with Crippen molar-refractivity contribution in [1.29, 1.82) is 0 Å². The van der Waals surface area contributed by atoms with Crippen LogP contribution in [0.4, 0.5) is 5.69 Å². The third-order valence-electron chi connectivity index (χ3n) is 4.51. The summed E-state index contributed by atoms with van der Waals surface area (Å²) >= 11 is 1.28. The molecule has 30 heavy (non-hydrogen) atoms. The number of nitrogens with zero attached hydrogens (tertiary/aromatic N) is 4. The van der Waals surface area contributed by atoms with E-state index < -0.39 is 4.92 Å². The molecule has 0 fully saturated rings. The summed E-state index contributed by atoms with van der Waals surface area (Å²) in [4.78, 5) is 23.0. The number of ketones is 1. The summed E-state index contributed by atoms with van der Waals surface area (Å²) in [5, 5.41) is 20.2. The molecular formula is C21H22N4O4S. The molecule has 0 spiro atoms. The number of benzene rings is 2. The molecule has 0 saturated carbocycles. The number of Topliss-reactive ketones (excluding diaryl/α,β-unsaturated/α-hetero) is 1. The predicted octanol–water partition coefficient (Wildman–Crippen LogP) is 4.64. The number of carbonyl (C=O) groups is 1. The summed E-state index contributed by atoms with van der Waals surface area (Å²) in [7, 11) is 1.62.